The van der Waals surface area contributed by atoms with E-state index in [9.17, 15) is 23.3 Å². The molecule has 1 N–H and O–H groups in total. The summed E-state index contributed by atoms with van der Waals surface area (Å²) in [5.41, 5.74) is 2.10. The van der Waals surface area contributed by atoms with E-state index in [1.165, 1.54) is 12.1 Å². The summed E-state index contributed by atoms with van der Waals surface area (Å²) in [6.07, 6.45) is 2.04. The molecule has 0 aliphatic carbocycles. The van der Waals surface area contributed by atoms with Crippen molar-refractivity contribution >= 4 is 33.0 Å². The van der Waals surface area contributed by atoms with Crippen LogP contribution in [0.3, 0.4) is 0 Å². The van der Waals surface area contributed by atoms with Crippen LogP contribution in [0.25, 0.3) is 0 Å². The van der Waals surface area contributed by atoms with Gasteiger partial charge in [0.05, 0.1) is 15.5 Å². The summed E-state index contributed by atoms with van der Waals surface area (Å²) >= 11 is 0. The number of rotatable bonds is 5. The van der Waals surface area contributed by atoms with E-state index < -0.39 is 14.9 Å². The first-order valence-electron chi connectivity index (χ1n) is 8.94. The van der Waals surface area contributed by atoms with Gasteiger partial charge in [-0.1, -0.05) is 19.1 Å². The minimum atomic E-state index is -4.03. The average Bonchev–Trinajstić information content (AvgIpc) is 2.66. The van der Waals surface area contributed by atoms with Crippen molar-refractivity contribution in [1.29, 1.82) is 0 Å². The van der Waals surface area contributed by atoms with Crippen LogP contribution in [0.5, 0.6) is 0 Å². The molecule has 0 atom stereocenters. The Morgan fingerprint density at radius 3 is 2.68 bits per heavy atom. The van der Waals surface area contributed by atoms with Crippen molar-refractivity contribution in [3.8, 4) is 0 Å². The second-order valence-corrected chi connectivity index (χ2v) is 8.31. The van der Waals surface area contributed by atoms with Crippen LogP contribution < -0.4 is 9.62 Å². The molecule has 0 aromatic heterocycles. The Balaban J connectivity index is 1.97. The van der Waals surface area contributed by atoms with Crippen LogP contribution in [0, 0.1) is 17.0 Å². The van der Waals surface area contributed by atoms with Crippen molar-refractivity contribution in [3.63, 3.8) is 0 Å². The zero-order valence-electron chi connectivity index (χ0n) is 15.6. The summed E-state index contributed by atoms with van der Waals surface area (Å²) in [5.74, 6) is -0.0181. The zero-order valence-corrected chi connectivity index (χ0v) is 16.5. The third-order valence-electron chi connectivity index (χ3n) is 4.73. The molecule has 3 rings (SSSR count). The van der Waals surface area contributed by atoms with Gasteiger partial charge in [0.15, 0.2) is 0 Å². The average molecular weight is 403 g/mol. The van der Waals surface area contributed by atoms with Crippen LogP contribution in [0.4, 0.5) is 17.1 Å². The van der Waals surface area contributed by atoms with Gasteiger partial charge in [-0.25, -0.2) is 8.42 Å². The van der Waals surface area contributed by atoms with Gasteiger partial charge < -0.3 is 4.90 Å². The first kappa shape index (κ1) is 19.8. The predicted molar refractivity (Wildman–Crippen MR) is 106 cm³/mol. The van der Waals surface area contributed by atoms with Gasteiger partial charge in [-0.15, -0.1) is 0 Å². The number of anilines is 2. The lowest BCUT2D eigenvalue weighted by Gasteiger charge is -2.30. The Morgan fingerprint density at radius 2 is 2.00 bits per heavy atom. The highest BCUT2D eigenvalue weighted by Crippen LogP contribution is 2.32. The van der Waals surface area contributed by atoms with Crippen molar-refractivity contribution in [2.45, 2.75) is 38.0 Å². The normalized spacial score (nSPS) is 13.7. The number of sulfonamides is 1. The van der Waals surface area contributed by atoms with Gasteiger partial charge in [0.2, 0.25) is 5.91 Å². The number of nitro benzene ring substituents is 1. The molecular weight excluding hydrogens is 382 g/mol. The Bertz CT molecular complexity index is 1050. The van der Waals surface area contributed by atoms with Crippen molar-refractivity contribution in [3.05, 3.63) is 57.6 Å². The smallest absolute Gasteiger partial charge is 0.270 e. The van der Waals surface area contributed by atoms with E-state index >= 15 is 0 Å². The van der Waals surface area contributed by atoms with Crippen molar-refractivity contribution in [1.82, 2.24) is 0 Å². The minimum absolute atomic E-state index is 0.0181. The molecule has 1 amide bonds. The number of fused-ring (bicyclic) bond motifs is 1. The zero-order chi connectivity index (χ0) is 20.5. The van der Waals surface area contributed by atoms with E-state index in [1.807, 2.05) is 6.07 Å². The molecule has 2 aromatic rings. The van der Waals surface area contributed by atoms with Gasteiger partial charge in [0.25, 0.3) is 15.7 Å². The Morgan fingerprint density at radius 1 is 1.25 bits per heavy atom. The van der Waals surface area contributed by atoms with Crippen molar-refractivity contribution < 1.29 is 18.1 Å². The van der Waals surface area contributed by atoms with Gasteiger partial charge in [0, 0.05) is 30.8 Å². The topological polar surface area (TPSA) is 110 Å². The standard InChI is InChI=1S/C19H21N3O5S/c1-3-19(23)21-10-4-5-14-7-8-15(11-17(14)21)20-28(26,27)18-12-16(22(24)25)9-6-13(18)2/h6-9,11-12,20H,3-5,10H2,1-2H3. The van der Waals surface area contributed by atoms with E-state index in [-0.39, 0.29) is 16.5 Å². The molecule has 28 heavy (non-hydrogen) atoms. The highest BCUT2D eigenvalue weighted by atomic mass is 32.2. The lowest BCUT2D eigenvalue weighted by atomic mass is 10.0. The molecule has 8 nitrogen and oxygen atoms in total. The summed E-state index contributed by atoms with van der Waals surface area (Å²) in [4.78, 5) is 24.1. The fourth-order valence-electron chi connectivity index (χ4n) is 3.29. The van der Waals surface area contributed by atoms with E-state index in [2.05, 4.69) is 4.72 Å². The first-order chi connectivity index (χ1) is 13.2. The molecule has 9 heteroatoms. The first-order valence-corrected chi connectivity index (χ1v) is 10.4. The number of benzene rings is 2. The second-order valence-electron chi connectivity index (χ2n) is 6.66. The molecule has 148 valence electrons. The number of non-ortho nitro benzene ring substituents is 1. The van der Waals surface area contributed by atoms with Crippen LogP contribution in [0.15, 0.2) is 41.3 Å². The van der Waals surface area contributed by atoms with Gasteiger partial charge in [-0.05, 0) is 43.0 Å². The number of nitrogens with one attached hydrogen (secondary N) is 1. The number of nitro groups is 1. The van der Waals surface area contributed by atoms with Gasteiger partial charge in [-0.2, -0.15) is 0 Å². The molecule has 0 saturated carbocycles. The molecule has 0 unspecified atom stereocenters. The molecule has 0 saturated heterocycles. The molecular formula is C19H21N3O5S. The fourth-order valence-corrected chi connectivity index (χ4v) is 4.61. The molecule has 1 aliphatic heterocycles. The molecule has 0 radical (unpaired) electrons. The molecule has 0 fully saturated rings. The van der Waals surface area contributed by atoms with Crippen LogP contribution in [-0.2, 0) is 21.2 Å². The van der Waals surface area contributed by atoms with E-state index in [0.717, 1.165) is 24.5 Å². The lowest BCUT2D eigenvalue weighted by molar-refractivity contribution is -0.385. The monoisotopic (exact) mass is 403 g/mol. The fraction of sp³-hybridized carbons (Fsp3) is 0.316. The Hall–Kier alpha value is -2.94. The summed E-state index contributed by atoms with van der Waals surface area (Å²) in [6.45, 7) is 3.96. The predicted octanol–water partition coefficient (Wildman–Crippen LogP) is 3.39. The van der Waals surface area contributed by atoms with Gasteiger partial charge in [-0.3, -0.25) is 19.6 Å². The number of carbonyl (C=O) groups excluding carboxylic acids is 1. The number of aryl methyl sites for hydroxylation is 2. The third kappa shape index (κ3) is 3.84. The molecule has 1 heterocycles. The number of hydrogen-bond donors (Lipinski definition) is 1. The van der Waals surface area contributed by atoms with Crippen molar-refractivity contribution in [2.24, 2.45) is 0 Å². The number of nitrogens with zero attached hydrogens (tertiary/aromatic N) is 2. The highest BCUT2D eigenvalue weighted by molar-refractivity contribution is 7.92. The van der Waals surface area contributed by atoms with Crippen LogP contribution in [0.1, 0.15) is 30.9 Å². The van der Waals surface area contributed by atoms with E-state index in [4.69, 9.17) is 0 Å². The Kier molecular flexibility index (Phi) is 5.37. The quantitative estimate of drug-likeness (QED) is 0.608. The second kappa shape index (κ2) is 7.59. The van der Waals surface area contributed by atoms with Crippen LogP contribution >= 0.6 is 0 Å². The minimum Gasteiger partial charge on any atom is -0.312 e. The lowest BCUT2D eigenvalue weighted by Crippen LogP contribution is -2.35. The van der Waals surface area contributed by atoms with E-state index in [0.29, 0.717) is 29.9 Å². The number of carbonyl (C=O) groups is 1. The third-order valence-corrected chi connectivity index (χ3v) is 6.26. The summed E-state index contributed by atoms with van der Waals surface area (Å²) in [6, 6.07) is 8.81. The maximum Gasteiger partial charge on any atom is 0.270 e. The SMILES string of the molecule is CCC(=O)N1CCCc2ccc(NS(=O)(=O)c3cc([N+](=O)[O-])ccc3C)cc21. The van der Waals surface area contributed by atoms with Gasteiger partial charge in [0.1, 0.15) is 0 Å². The largest absolute Gasteiger partial charge is 0.312 e. The summed E-state index contributed by atoms with van der Waals surface area (Å²) in [5, 5.41) is 11.0. The van der Waals surface area contributed by atoms with Gasteiger partial charge >= 0.3 is 0 Å². The maximum absolute atomic E-state index is 12.8. The number of hydrogen-bond acceptors (Lipinski definition) is 5. The molecule has 1 aliphatic rings. The number of amides is 1. The molecule has 2 aromatic carbocycles. The van der Waals surface area contributed by atoms with E-state index in [1.54, 1.807) is 30.9 Å². The maximum atomic E-state index is 12.8. The van der Waals surface area contributed by atoms with Crippen molar-refractivity contribution in [2.75, 3.05) is 16.2 Å². The molecule has 0 bridgehead atoms. The van der Waals surface area contributed by atoms with Crippen LogP contribution in [0.2, 0.25) is 0 Å². The molecule has 0 spiro atoms. The summed E-state index contributed by atoms with van der Waals surface area (Å²) in [7, 11) is -4.03. The highest BCUT2D eigenvalue weighted by Gasteiger charge is 2.24. The van der Waals surface area contributed by atoms with Crippen LogP contribution in [-0.4, -0.2) is 25.8 Å². The summed E-state index contributed by atoms with van der Waals surface area (Å²) < 4.78 is 28.1. The Labute approximate surface area is 163 Å².